The minimum absolute atomic E-state index is 0.0452. The Morgan fingerprint density at radius 2 is 2.00 bits per heavy atom. The summed E-state index contributed by atoms with van der Waals surface area (Å²) in [6.45, 7) is 1.76. The monoisotopic (exact) mass is 340 g/mol. The molecule has 0 aliphatic heterocycles. The lowest BCUT2D eigenvalue weighted by Crippen LogP contribution is -1.97. The first-order valence-corrected chi connectivity index (χ1v) is 6.35. The van der Waals surface area contributed by atoms with Crippen LogP contribution in [0.1, 0.15) is 5.56 Å². The molecule has 0 aliphatic carbocycles. The van der Waals surface area contributed by atoms with Crippen LogP contribution >= 0.6 is 15.9 Å². The lowest BCUT2D eigenvalue weighted by Gasteiger charge is -2.10. The second-order valence-corrected chi connectivity index (χ2v) is 4.97. The van der Waals surface area contributed by atoms with Crippen LogP contribution in [0.3, 0.4) is 0 Å². The number of halogens is 2. The highest BCUT2D eigenvalue weighted by molar-refractivity contribution is 9.10. The molecule has 0 radical (unpaired) electrons. The first-order chi connectivity index (χ1) is 9.38. The molecule has 0 spiro atoms. The van der Waals surface area contributed by atoms with Gasteiger partial charge in [0, 0.05) is 11.8 Å². The Morgan fingerprint density at radius 3 is 2.60 bits per heavy atom. The lowest BCUT2D eigenvalue weighted by molar-refractivity contribution is -0.385. The van der Waals surface area contributed by atoms with Gasteiger partial charge < -0.3 is 10.5 Å². The normalized spacial score (nSPS) is 10.3. The highest BCUT2D eigenvalue weighted by Gasteiger charge is 2.20. The van der Waals surface area contributed by atoms with Gasteiger partial charge in [-0.05, 0) is 46.6 Å². The van der Waals surface area contributed by atoms with E-state index in [1.54, 1.807) is 25.1 Å². The predicted molar refractivity (Wildman–Crippen MR) is 76.4 cm³/mol. The molecule has 2 rings (SSSR count). The van der Waals surface area contributed by atoms with Crippen LogP contribution in [0, 0.1) is 22.9 Å². The molecule has 104 valence electrons. The van der Waals surface area contributed by atoms with E-state index in [4.69, 9.17) is 10.5 Å². The van der Waals surface area contributed by atoms with Crippen LogP contribution in [-0.2, 0) is 0 Å². The van der Waals surface area contributed by atoms with E-state index in [2.05, 4.69) is 15.9 Å². The zero-order valence-electron chi connectivity index (χ0n) is 10.4. The highest BCUT2D eigenvalue weighted by Crippen LogP contribution is 2.36. The van der Waals surface area contributed by atoms with Crippen molar-refractivity contribution in [3.63, 3.8) is 0 Å². The predicted octanol–water partition coefficient (Wildman–Crippen LogP) is 4.18. The van der Waals surface area contributed by atoms with E-state index in [9.17, 15) is 14.5 Å². The fraction of sp³-hybridized carbons (Fsp3) is 0.0769. The van der Waals surface area contributed by atoms with E-state index >= 15 is 0 Å². The number of benzene rings is 2. The minimum Gasteiger partial charge on any atom is -0.450 e. The first kappa shape index (κ1) is 14.3. The average molecular weight is 341 g/mol. The summed E-state index contributed by atoms with van der Waals surface area (Å²) < 4.78 is 19.0. The number of rotatable bonds is 3. The van der Waals surface area contributed by atoms with Gasteiger partial charge in [0.05, 0.1) is 15.5 Å². The molecule has 2 N–H and O–H groups in total. The number of aryl methyl sites for hydroxylation is 1. The maximum absolute atomic E-state index is 13.4. The van der Waals surface area contributed by atoms with Gasteiger partial charge in [-0.1, -0.05) is 0 Å². The molecule has 0 amide bonds. The van der Waals surface area contributed by atoms with Crippen LogP contribution < -0.4 is 10.5 Å². The fourth-order valence-corrected chi connectivity index (χ4v) is 1.97. The van der Waals surface area contributed by atoms with Crippen LogP contribution in [0.4, 0.5) is 15.8 Å². The molecule has 0 unspecified atom stereocenters. The maximum atomic E-state index is 13.4. The molecule has 0 heterocycles. The van der Waals surface area contributed by atoms with E-state index < -0.39 is 16.4 Å². The van der Waals surface area contributed by atoms with Crippen LogP contribution in [0.15, 0.2) is 34.8 Å². The number of nitro benzene ring substituents is 1. The summed E-state index contributed by atoms with van der Waals surface area (Å²) in [6, 6.07) is 6.94. The molecule has 0 bridgehead atoms. The van der Waals surface area contributed by atoms with Crippen LogP contribution in [0.2, 0.25) is 0 Å². The molecule has 0 saturated carbocycles. The van der Waals surface area contributed by atoms with Gasteiger partial charge in [0.2, 0.25) is 5.75 Å². The summed E-state index contributed by atoms with van der Waals surface area (Å²) in [6.07, 6.45) is 0. The van der Waals surface area contributed by atoms with Gasteiger partial charge in [-0.15, -0.1) is 0 Å². The van der Waals surface area contributed by atoms with E-state index in [1.807, 2.05) is 0 Å². The first-order valence-electron chi connectivity index (χ1n) is 5.56. The average Bonchev–Trinajstić information content (AvgIpc) is 2.36. The summed E-state index contributed by atoms with van der Waals surface area (Å²) in [5, 5.41) is 10.9. The second kappa shape index (κ2) is 5.46. The second-order valence-electron chi connectivity index (χ2n) is 4.12. The van der Waals surface area contributed by atoms with Crippen LogP contribution in [0.5, 0.6) is 11.5 Å². The summed E-state index contributed by atoms with van der Waals surface area (Å²) in [5.74, 6) is -0.352. The molecular formula is C13H10BrFN2O3. The molecule has 2 aromatic carbocycles. The molecule has 7 heteroatoms. The van der Waals surface area contributed by atoms with Crippen molar-refractivity contribution in [2.75, 3.05) is 5.73 Å². The molecule has 0 atom stereocenters. The van der Waals surface area contributed by atoms with Crippen LogP contribution in [0.25, 0.3) is 0 Å². The maximum Gasteiger partial charge on any atom is 0.314 e. The number of hydrogen-bond acceptors (Lipinski definition) is 4. The Balaban J connectivity index is 2.47. The fourth-order valence-electron chi connectivity index (χ4n) is 1.65. The van der Waals surface area contributed by atoms with Gasteiger partial charge in [0.1, 0.15) is 11.6 Å². The van der Waals surface area contributed by atoms with Gasteiger partial charge >= 0.3 is 5.69 Å². The summed E-state index contributed by atoms with van der Waals surface area (Å²) in [5.41, 5.74) is 6.46. The van der Waals surface area contributed by atoms with Crippen molar-refractivity contribution in [3.8, 4) is 11.5 Å². The number of nitrogens with zero attached hydrogens (tertiary/aromatic N) is 1. The molecule has 20 heavy (non-hydrogen) atoms. The number of nitrogens with two attached hydrogens (primary N) is 1. The standard InChI is InChI=1S/C13H10BrFN2O3/c1-7-4-8(16)2-3-12(7)20-13-5-9(14)10(15)6-11(13)17(18)19/h2-6H,16H2,1H3. The van der Waals surface area contributed by atoms with Gasteiger partial charge in [0.25, 0.3) is 0 Å². The SMILES string of the molecule is Cc1cc(N)ccc1Oc1cc(Br)c(F)cc1[N+](=O)[O-]. The van der Waals surface area contributed by atoms with Gasteiger partial charge in [-0.25, -0.2) is 4.39 Å². The van der Waals surface area contributed by atoms with Gasteiger partial charge in [-0.2, -0.15) is 0 Å². The molecule has 5 nitrogen and oxygen atoms in total. The highest BCUT2D eigenvalue weighted by atomic mass is 79.9. The van der Waals surface area contributed by atoms with E-state index in [-0.39, 0.29) is 10.2 Å². The smallest absolute Gasteiger partial charge is 0.314 e. The Hall–Kier alpha value is -2.15. The third-order valence-electron chi connectivity index (χ3n) is 2.62. The molecule has 0 fully saturated rings. The number of nitrogen functional groups attached to an aromatic ring is 1. The largest absolute Gasteiger partial charge is 0.450 e. The van der Waals surface area contributed by atoms with Crippen molar-refractivity contribution in [3.05, 3.63) is 56.3 Å². The number of nitro groups is 1. The molecule has 0 aliphatic rings. The van der Waals surface area contributed by atoms with Crippen molar-refractivity contribution in [2.45, 2.75) is 6.92 Å². The van der Waals surface area contributed by atoms with Crippen molar-refractivity contribution in [1.29, 1.82) is 0 Å². The summed E-state index contributed by atoms with van der Waals surface area (Å²) >= 11 is 2.98. The van der Waals surface area contributed by atoms with E-state index in [0.29, 0.717) is 11.4 Å². The number of hydrogen-bond donors (Lipinski definition) is 1. The molecule has 0 aromatic heterocycles. The zero-order chi connectivity index (χ0) is 14.9. The Morgan fingerprint density at radius 1 is 1.30 bits per heavy atom. The molecule has 2 aromatic rings. The Bertz CT molecular complexity index is 692. The Kier molecular flexibility index (Phi) is 3.89. The quantitative estimate of drug-likeness (QED) is 0.516. The number of ether oxygens (including phenoxy) is 1. The van der Waals surface area contributed by atoms with Crippen molar-refractivity contribution >= 4 is 27.3 Å². The molecular weight excluding hydrogens is 331 g/mol. The topological polar surface area (TPSA) is 78.4 Å². The van der Waals surface area contributed by atoms with Gasteiger partial charge in [-0.3, -0.25) is 10.1 Å². The Labute approximate surface area is 122 Å². The van der Waals surface area contributed by atoms with Crippen molar-refractivity contribution in [1.82, 2.24) is 0 Å². The van der Waals surface area contributed by atoms with Crippen LogP contribution in [-0.4, -0.2) is 4.92 Å². The molecule has 0 saturated heterocycles. The third-order valence-corrected chi connectivity index (χ3v) is 3.23. The van der Waals surface area contributed by atoms with Crippen molar-refractivity contribution in [2.24, 2.45) is 0 Å². The lowest BCUT2D eigenvalue weighted by atomic mass is 10.2. The van der Waals surface area contributed by atoms with Crippen molar-refractivity contribution < 1.29 is 14.1 Å². The number of anilines is 1. The summed E-state index contributed by atoms with van der Waals surface area (Å²) in [7, 11) is 0. The van der Waals surface area contributed by atoms with Gasteiger partial charge in [0.15, 0.2) is 0 Å². The zero-order valence-corrected chi connectivity index (χ0v) is 12.0. The summed E-state index contributed by atoms with van der Waals surface area (Å²) in [4.78, 5) is 10.2. The van der Waals surface area contributed by atoms with E-state index in [0.717, 1.165) is 11.6 Å². The van der Waals surface area contributed by atoms with E-state index in [1.165, 1.54) is 6.07 Å². The minimum atomic E-state index is -0.724. The third kappa shape index (κ3) is 2.88.